The van der Waals surface area contributed by atoms with Gasteiger partial charge in [0.05, 0.1) is 16.0 Å². The normalized spacial score (nSPS) is 15.3. The lowest BCUT2D eigenvalue weighted by Crippen LogP contribution is -2.12. The highest BCUT2D eigenvalue weighted by atomic mass is 32.2. The first-order valence-electron chi connectivity index (χ1n) is 6.62. The van der Waals surface area contributed by atoms with Crippen molar-refractivity contribution in [2.45, 2.75) is 36.3 Å². The number of nitrogens with one attached hydrogen (secondary N) is 1. The summed E-state index contributed by atoms with van der Waals surface area (Å²) in [5, 5.41) is 6.46. The molecule has 0 atom stereocenters. The van der Waals surface area contributed by atoms with Gasteiger partial charge in [0.2, 0.25) is 0 Å². The van der Waals surface area contributed by atoms with Crippen LogP contribution in [-0.4, -0.2) is 29.6 Å². The van der Waals surface area contributed by atoms with Crippen LogP contribution >= 0.6 is 22.9 Å². The van der Waals surface area contributed by atoms with E-state index in [1.54, 1.807) is 11.3 Å². The van der Waals surface area contributed by atoms with Crippen LogP contribution in [0.1, 0.15) is 23.5 Å². The second-order valence-corrected chi connectivity index (χ2v) is 9.01. The van der Waals surface area contributed by atoms with Crippen LogP contribution in [0.15, 0.2) is 10.3 Å². The van der Waals surface area contributed by atoms with Crippen LogP contribution in [0.2, 0.25) is 0 Å². The fraction of sp³-hybridized carbons (Fsp3) is 0.500. The number of aryl methyl sites for hydroxylation is 1. The molecule has 2 aromatic rings. The van der Waals surface area contributed by atoms with E-state index in [-0.39, 0.29) is 16.0 Å². The minimum absolute atomic E-state index is 0.110. The smallest absolute Gasteiger partial charge is 0.187 e. The topological polar surface area (TPSA) is 98.0 Å². The molecule has 0 aromatic carbocycles. The van der Waals surface area contributed by atoms with Crippen LogP contribution in [0.25, 0.3) is 0 Å². The Bertz CT molecular complexity index is 746. The van der Waals surface area contributed by atoms with Crippen LogP contribution in [0, 0.1) is 6.92 Å². The molecular formula is C12H16N4O2S3. The van der Waals surface area contributed by atoms with Gasteiger partial charge in [-0.3, -0.25) is 0 Å². The lowest BCUT2D eigenvalue weighted by molar-refractivity contribution is 0.595. The quantitative estimate of drug-likeness (QED) is 0.832. The van der Waals surface area contributed by atoms with Crippen LogP contribution in [0.5, 0.6) is 0 Å². The van der Waals surface area contributed by atoms with E-state index >= 15 is 0 Å². The average Bonchev–Trinajstić information content (AvgIpc) is 3.12. The highest BCUT2D eigenvalue weighted by Gasteiger charge is 2.40. The number of nitrogen functional groups attached to an aromatic ring is 1. The number of anilines is 2. The summed E-state index contributed by atoms with van der Waals surface area (Å²) >= 11 is 2.72. The van der Waals surface area contributed by atoms with Gasteiger partial charge in [0.15, 0.2) is 15.7 Å². The van der Waals surface area contributed by atoms with Crippen molar-refractivity contribution >= 4 is 43.5 Å². The molecule has 3 rings (SSSR count). The minimum atomic E-state index is -3.33. The number of thiazole rings is 1. The Morgan fingerprint density at radius 3 is 2.86 bits per heavy atom. The van der Waals surface area contributed by atoms with E-state index < -0.39 is 9.84 Å². The number of nitrogens with two attached hydrogens (primary N) is 1. The first-order valence-corrected chi connectivity index (χ1v) is 9.82. The molecule has 0 spiro atoms. The van der Waals surface area contributed by atoms with Gasteiger partial charge in [0.1, 0.15) is 9.90 Å². The number of hydrogen-bond acceptors (Lipinski definition) is 8. The first kappa shape index (κ1) is 14.7. The molecular weight excluding hydrogens is 328 g/mol. The third kappa shape index (κ3) is 3.04. The van der Waals surface area contributed by atoms with Gasteiger partial charge in [-0.05, 0) is 31.3 Å². The highest BCUT2D eigenvalue weighted by molar-refractivity contribution is 7.92. The third-order valence-electron chi connectivity index (χ3n) is 3.26. The molecule has 0 saturated heterocycles. The summed E-state index contributed by atoms with van der Waals surface area (Å²) in [6, 6.07) is 0. The molecule has 2 aromatic heterocycles. The van der Waals surface area contributed by atoms with Crippen molar-refractivity contribution in [1.82, 2.24) is 9.36 Å². The molecule has 6 nitrogen and oxygen atoms in total. The summed E-state index contributed by atoms with van der Waals surface area (Å²) in [4.78, 5) is 4.56. The molecule has 2 heterocycles. The predicted octanol–water partition coefficient (Wildman–Crippen LogP) is 2.08. The molecule has 0 unspecified atom stereocenters. The van der Waals surface area contributed by atoms with E-state index in [1.165, 1.54) is 0 Å². The van der Waals surface area contributed by atoms with Gasteiger partial charge < -0.3 is 11.1 Å². The van der Waals surface area contributed by atoms with E-state index in [4.69, 9.17) is 5.73 Å². The van der Waals surface area contributed by atoms with Crippen LogP contribution < -0.4 is 11.1 Å². The molecule has 9 heteroatoms. The maximum Gasteiger partial charge on any atom is 0.187 e. The van der Waals surface area contributed by atoms with Gasteiger partial charge in [0, 0.05) is 18.3 Å². The van der Waals surface area contributed by atoms with E-state index in [9.17, 15) is 8.42 Å². The van der Waals surface area contributed by atoms with Crippen LogP contribution in [-0.2, 0) is 16.3 Å². The Hall–Kier alpha value is -1.19. The first-order chi connectivity index (χ1) is 9.98. The average molecular weight is 344 g/mol. The van der Waals surface area contributed by atoms with Crippen molar-refractivity contribution in [3.05, 3.63) is 16.1 Å². The standard InChI is InChI=1S/C12H16N4O2S3/c1-7-15-8(6-19-7)4-5-14-12-10(11(13)16-20-12)21(17,18)9-2-3-9/h6,9,14H,2-5H2,1H3,(H2,13,16). The van der Waals surface area contributed by atoms with Crippen molar-refractivity contribution in [2.75, 3.05) is 17.6 Å². The fourth-order valence-electron chi connectivity index (χ4n) is 2.05. The summed E-state index contributed by atoms with van der Waals surface area (Å²) in [5.41, 5.74) is 6.76. The van der Waals surface area contributed by atoms with Crippen molar-refractivity contribution in [1.29, 1.82) is 0 Å². The fourth-order valence-corrected chi connectivity index (χ4v) is 5.61. The molecule has 1 fully saturated rings. The molecule has 3 N–H and O–H groups in total. The van der Waals surface area contributed by atoms with Crippen molar-refractivity contribution in [3.8, 4) is 0 Å². The molecule has 1 aliphatic rings. The summed E-state index contributed by atoms with van der Waals surface area (Å²) in [5.74, 6) is 0.110. The second-order valence-electron chi connectivity index (χ2n) is 5.01. The van der Waals surface area contributed by atoms with Crippen molar-refractivity contribution in [2.24, 2.45) is 0 Å². The zero-order valence-corrected chi connectivity index (χ0v) is 13.9. The summed E-state index contributed by atoms with van der Waals surface area (Å²) < 4.78 is 28.7. The maximum atomic E-state index is 12.4. The number of nitrogens with zero attached hydrogens (tertiary/aromatic N) is 2. The summed E-state index contributed by atoms with van der Waals surface area (Å²) in [6.45, 7) is 2.57. The maximum absolute atomic E-state index is 12.4. The lowest BCUT2D eigenvalue weighted by atomic mass is 10.3. The van der Waals surface area contributed by atoms with E-state index in [2.05, 4.69) is 14.7 Å². The largest absolute Gasteiger partial charge is 0.382 e. The molecule has 0 aliphatic heterocycles. The molecule has 0 bridgehead atoms. The zero-order valence-electron chi connectivity index (χ0n) is 11.5. The molecule has 21 heavy (non-hydrogen) atoms. The van der Waals surface area contributed by atoms with Crippen molar-refractivity contribution in [3.63, 3.8) is 0 Å². The number of sulfone groups is 1. The number of hydrogen-bond donors (Lipinski definition) is 2. The monoisotopic (exact) mass is 344 g/mol. The highest BCUT2D eigenvalue weighted by Crippen LogP contribution is 2.40. The molecule has 1 aliphatic carbocycles. The molecule has 1 saturated carbocycles. The lowest BCUT2D eigenvalue weighted by Gasteiger charge is -2.06. The van der Waals surface area contributed by atoms with Gasteiger partial charge >= 0.3 is 0 Å². The van der Waals surface area contributed by atoms with E-state index in [0.29, 0.717) is 11.5 Å². The van der Waals surface area contributed by atoms with E-state index in [0.717, 1.165) is 41.5 Å². The van der Waals surface area contributed by atoms with Crippen LogP contribution in [0.3, 0.4) is 0 Å². The second kappa shape index (κ2) is 5.54. The van der Waals surface area contributed by atoms with Gasteiger partial charge in [0.25, 0.3) is 0 Å². The van der Waals surface area contributed by atoms with Gasteiger partial charge in [-0.1, -0.05) is 0 Å². The SMILES string of the molecule is Cc1nc(CCNc2snc(N)c2S(=O)(=O)C2CC2)cs1. The number of rotatable bonds is 6. The molecule has 0 amide bonds. The summed E-state index contributed by atoms with van der Waals surface area (Å²) in [6.07, 6.45) is 2.18. The molecule has 0 radical (unpaired) electrons. The summed E-state index contributed by atoms with van der Waals surface area (Å²) in [7, 11) is -3.33. The Labute approximate surface area is 131 Å². The zero-order chi connectivity index (χ0) is 15.0. The Morgan fingerprint density at radius 1 is 1.48 bits per heavy atom. The number of aromatic nitrogens is 2. The molecule has 114 valence electrons. The van der Waals surface area contributed by atoms with E-state index in [1.807, 2.05) is 12.3 Å². The van der Waals surface area contributed by atoms with Crippen LogP contribution in [0.4, 0.5) is 10.8 Å². The minimum Gasteiger partial charge on any atom is -0.382 e. The Balaban J connectivity index is 1.71. The van der Waals surface area contributed by atoms with Gasteiger partial charge in [-0.2, -0.15) is 4.37 Å². The Morgan fingerprint density at radius 2 is 2.24 bits per heavy atom. The third-order valence-corrected chi connectivity index (χ3v) is 7.36. The predicted molar refractivity (Wildman–Crippen MR) is 85.8 cm³/mol. The van der Waals surface area contributed by atoms with Gasteiger partial charge in [-0.25, -0.2) is 13.4 Å². The van der Waals surface area contributed by atoms with Gasteiger partial charge in [-0.15, -0.1) is 11.3 Å². The Kier molecular flexibility index (Phi) is 3.89. The van der Waals surface area contributed by atoms with Crippen molar-refractivity contribution < 1.29 is 8.42 Å².